The molecule has 112 valence electrons. The average molecular weight is 433 g/mol. The first-order valence-corrected chi connectivity index (χ1v) is 8.73. The zero-order chi connectivity index (χ0) is 15.7. The van der Waals surface area contributed by atoms with E-state index in [4.69, 9.17) is 10.5 Å². The van der Waals surface area contributed by atoms with E-state index in [1.165, 1.54) is 18.4 Å². The van der Waals surface area contributed by atoms with E-state index in [2.05, 4.69) is 45.7 Å². The Bertz CT molecular complexity index is 695. The summed E-state index contributed by atoms with van der Waals surface area (Å²) in [6, 6.07) is 5.96. The molecule has 0 spiro atoms. The van der Waals surface area contributed by atoms with Crippen LogP contribution in [0.4, 0.5) is 5.69 Å². The molecule has 0 saturated carbocycles. The quantitative estimate of drug-likeness (QED) is 0.657. The fourth-order valence-electron chi connectivity index (χ4n) is 2.15. The number of thiophene rings is 1. The van der Waals surface area contributed by atoms with E-state index in [1.54, 1.807) is 0 Å². The Balaban J connectivity index is 2.70. The van der Waals surface area contributed by atoms with Crippen molar-refractivity contribution in [3.8, 4) is 10.4 Å². The van der Waals surface area contributed by atoms with Crippen LogP contribution in [-0.4, -0.2) is 13.1 Å². The van der Waals surface area contributed by atoms with E-state index in [0.717, 1.165) is 24.9 Å². The highest BCUT2D eigenvalue weighted by molar-refractivity contribution is 9.11. The molecule has 6 heteroatoms. The second-order valence-electron chi connectivity index (χ2n) is 4.86. The first kappa shape index (κ1) is 16.5. The van der Waals surface area contributed by atoms with Gasteiger partial charge >= 0.3 is 5.97 Å². The molecule has 1 aromatic carbocycles. The molecular weight excluding hydrogens is 418 g/mol. The predicted molar refractivity (Wildman–Crippen MR) is 95.0 cm³/mol. The first-order chi connectivity index (χ1) is 9.86. The summed E-state index contributed by atoms with van der Waals surface area (Å²) < 4.78 is 6.77. The van der Waals surface area contributed by atoms with Gasteiger partial charge in [-0.05, 0) is 23.6 Å². The number of nitrogen functional groups attached to an aromatic ring is 1. The van der Waals surface area contributed by atoms with Gasteiger partial charge in [0, 0.05) is 19.4 Å². The maximum Gasteiger partial charge on any atom is 0.350 e. The maximum absolute atomic E-state index is 11.9. The normalized spacial score (nSPS) is 11.0. The third-order valence-electron chi connectivity index (χ3n) is 3.11. The average Bonchev–Trinajstić information content (AvgIpc) is 2.75. The van der Waals surface area contributed by atoms with Gasteiger partial charge in [-0.3, -0.25) is 0 Å². The zero-order valence-electron chi connectivity index (χ0n) is 11.9. The minimum Gasteiger partial charge on any atom is -0.465 e. The Labute approximate surface area is 144 Å². The number of hydrogen-bond acceptors (Lipinski definition) is 4. The van der Waals surface area contributed by atoms with Crippen LogP contribution in [0.5, 0.6) is 0 Å². The number of esters is 1. The molecule has 0 fully saturated rings. The number of anilines is 1. The monoisotopic (exact) mass is 431 g/mol. The third kappa shape index (κ3) is 3.17. The van der Waals surface area contributed by atoms with Crippen molar-refractivity contribution in [2.24, 2.45) is 0 Å². The Morgan fingerprint density at radius 1 is 1.33 bits per heavy atom. The number of methoxy groups -OCH3 is 1. The number of rotatable bonds is 3. The lowest BCUT2D eigenvalue weighted by atomic mass is 9.98. The molecule has 1 heterocycles. The second-order valence-corrected chi connectivity index (χ2v) is 7.65. The number of ether oxygens (including phenoxy) is 1. The third-order valence-corrected chi connectivity index (χ3v) is 5.49. The van der Waals surface area contributed by atoms with Gasteiger partial charge in [-0.2, -0.15) is 0 Å². The molecule has 2 aromatic rings. The van der Waals surface area contributed by atoms with E-state index in [-0.39, 0.29) is 11.9 Å². The molecule has 2 rings (SSSR count). The van der Waals surface area contributed by atoms with Crippen LogP contribution in [0.1, 0.15) is 35.0 Å². The van der Waals surface area contributed by atoms with E-state index in [1.807, 2.05) is 18.2 Å². The minimum absolute atomic E-state index is 0.213. The van der Waals surface area contributed by atoms with Gasteiger partial charge in [0.05, 0.1) is 12.8 Å². The summed E-state index contributed by atoms with van der Waals surface area (Å²) in [5, 5.41) is 0. The van der Waals surface area contributed by atoms with Crippen LogP contribution in [0.15, 0.2) is 27.1 Å². The van der Waals surface area contributed by atoms with Gasteiger partial charge < -0.3 is 10.5 Å². The highest BCUT2D eigenvalue weighted by atomic mass is 79.9. The molecule has 0 saturated heterocycles. The topological polar surface area (TPSA) is 52.3 Å². The van der Waals surface area contributed by atoms with Crippen molar-refractivity contribution in [3.63, 3.8) is 0 Å². The van der Waals surface area contributed by atoms with Gasteiger partial charge in [-0.15, -0.1) is 11.3 Å². The molecular formula is C15H15Br2NO2S. The van der Waals surface area contributed by atoms with Crippen molar-refractivity contribution in [2.45, 2.75) is 19.8 Å². The molecule has 1 aromatic heterocycles. The maximum atomic E-state index is 11.9. The molecule has 21 heavy (non-hydrogen) atoms. The zero-order valence-corrected chi connectivity index (χ0v) is 15.9. The summed E-state index contributed by atoms with van der Waals surface area (Å²) in [7, 11) is 1.37. The van der Waals surface area contributed by atoms with Gasteiger partial charge in [0.15, 0.2) is 0 Å². The van der Waals surface area contributed by atoms with Crippen LogP contribution in [0.3, 0.4) is 0 Å². The summed E-state index contributed by atoms with van der Waals surface area (Å²) in [6.07, 6.45) is 0. The predicted octanol–water partition coefficient (Wildman–Crippen LogP) is 5.43. The van der Waals surface area contributed by atoms with E-state index >= 15 is 0 Å². The Morgan fingerprint density at radius 3 is 2.52 bits per heavy atom. The number of halogens is 2. The van der Waals surface area contributed by atoms with Gasteiger partial charge in [-0.25, -0.2) is 4.79 Å². The van der Waals surface area contributed by atoms with E-state index < -0.39 is 0 Å². The largest absolute Gasteiger partial charge is 0.465 e. The lowest BCUT2D eigenvalue weighted by Gasteiger charge is -2.10. The fraction of sp³-hybridized carbons (Fsp3) is 0.267. The van der Waals surface area contributed by atoms with E-state index in [9.17, 15) is 4.79 Å². The van der Waals surface area contributed by atoms with Crippen molar-refractivity contribution >= 4 is 54.9 Å². The van der Waals surface area contributed by atoms with Crippen LogP contribution < -0.4 is 5.73 Å². The Kier molecular flexibility index (Phi) is 5.11. The summed E-state index contributed by atoms with van der Waals surface area (Å²) >= 11 is 8.40. The molecule has 0 atom stereocenters. The van der Waals surface area contributed by atoms with Gasteiger partial charge in [-0.1, -0.05) is 51.8 Å². The Hall–Kier alpha value is -0.850. The molecule has 0 aliphatic heterocycles. The standard InChI is InChI=1S/C15H15Br2NO2S/c1-7(2)11-12(18)14(15(19)20-3)21-13(11)9-5-4-8(16)6-10(9)17/h4-7H,18H2,1-3H3. The van der Waals surface area contributed by atoms with Crippen molar-refractivity contribution in [3.05, 3.63) is 37.6 Å². The van der Waals surface area contributed by atoms with Crippen molar-refractivity contribution in [1.29, 1.82) is 0 Å². The molecule has 3 nitrogen and oxygen atoms in total. The van der Waals surface area contributed by atoms with Crippen molar-refractivity contribution < 1.29 is 9.53 Å². The molecule has 0 amide bonds. The SMILES string of the molecule is COC(=O)c1sc(-c2ccc(Br)cc2Br)c(C(C)C)c1N. The van der Waals surface area contributed by atoms with Crippen molar-refractivity contribution in [1.82, 2.24) is 0 Å². The smallest absolute Gasteiger partial charge is 0.350 e. The van der Waals surface area contributed by atoms with E-state index in [0.29, 0.717) is 10.6 Å². The molecule has 2 N–H and O–H groups in total. The fourth-order valence-corrected chi connectivity index (χ4v) is 4.86. The minimum atomic E-state index is -0.390. The van der Waals surface area contributed by atoms with Gasteiger partial charge in [0.25, 0.3) is 0 Å². The summed E-state index contributed by atoms with van der Waals surface area (Å²) in [5.41, 5.74) is 8.72. The van der Waals surface area contributed by atoms with Crippen LogP contribution in [0.25, 0.3) is 10.4 Å². The molecule has 0 unspecified atom stereocenters. The van der Waals surface area contributed by atoms with Crippen molar-refractivity contribution in [2.75, 3.05) is 12.8 Å². The highest BCUT2D eigenvalue weighted by Crippen LogP contribution is 2.45. The lowest BCUT2D eigenvalue weighted by molar-refractivity contribution is 0.0607. The van der Waals surface area contributed by atoms with Crippen LogP contribution in [0.2, 0.25) is 0 Å². The van der Waals surface area contributed by atoms with Crippen LogP contribution in [0, 0.1) is 0 Å². The molecule has 0 radical (unpaired) electrons. The Morgan fingerprint density at radius 2 is 2.00 bits per heavy atom. The molecule has 0 aliphatic carbocycles. The first-order valence-electron chi connectivity index (χ1n) is 6.32. The van der Waals surface area contributed by atoms with Crippen LogP contribution in [-0.2, 0) is 4.74 Å². The lowest BCUT2D eigenvalue weighted by Crippen LogP contribution is -2.03. The summed E-state index contributed by atoms with van der Waals surface area (Å²) in [6.45, 7) is 4.13. The second kappa shape index (κ2) is 6.50. The number of nitrogens with two attached hydrogens (primary N) is 1. The number of hydrogen-bond donors (Lipinski definition) is 1. The number of carbonyl (C=O) groups is 1. The number of benzene rings is 1. The number of carbonyl (C=O) groups excluding carboxylic acids is 1. The molecule has 0 bridgehead atoms. The van der Waals surface area contributed by atoms with Gasteiger partial charge in [0.1, 0.15) is 4.88 Å². The molecule has 0 aliphatic rings. The van der Waals surface area contributed by atoms with Gasteiger partial charge in [0.2, 0.25) is 0 Å². The van der Waals surface area contributed by atoms with Crippen LogP contribution >= 0.6 is 43.2 Å². The summed E-state index contributed by atoms with van der Waals surface area (Å²) in [4.78, 5) is 13.3. The highest BCUT2D eigenvalue weighted by Gasteiger charge is 2.24. The summed E-state index contributed by atoms with van der Waals surface area (Å²) in [5.74, 6) is -0.177.